The Morgan fingerprint density at radius 2 is 1.75 bits per heavy atom. The van der Waals surface area contributed by atoms with Gasteiger partial charge in [0.15, 0.2) is 0 Å². The molecule has 3 rings (SSSR count). The number of quaternary nitrogens is 1. The summed E-state index contributed by atoms with van der Waals surface area (Å²) in [5.41, 5.74) is 9.77. The molecule has 0 saturated heterocycles. The van der Waals surface area contributed by atoms with E-state index in [0.717, 1.165) is 16.8 Å². The van der Waals surface area contributed by atoms with E-state index in [1.54, 1.807) is 18.2 Å². The van der Waals surface area contributed by atoms with Gasteiger partial charge in [-0.25, -0.2) is 9.37 Å². The molecule has 0 spiro atoms. The second kappa shape index (κ2) is 6.22. The molecule has 124 valence electrons. The summed E-state index contributed by atoms with van der Waals surface area (Å²) >= 11 is 0. The van der Waals surface area contributed by atoms with Crippen LogP contribution in [0.4, 0.5) is 8.78 Å². The lowest BCUT2D eigenvalue weighted by Crippen LogP contribution is -2.31. The van der Waals surface area contributed by atoms with Gasteiger partial charge in [0.25, 0.3) is 0 Å². The number of hydrogen-bond donors (Lipinski definition) is 1. The highest BCUT2D eigenvalue weighted by Crippen LogP contribution is 2.36. The number of rotatable bonds is 4. The second-order valence-electron chi connectivity index (χ2n) is 6.08. The van der Waals surface area contributed by atoms with Crippen molar-refractivity contribution in [1.29, 1.82) is 0 Å². The molecule has 0 radical (unpaired) electrons. The number of halogens is 2. The minimum Gasteiger partial charge on any atom is -0.330 e. The van der Waals surface area contributed by atoms with E-state index >= 15 is 0 Å². The van der Waals surface area contributed by atoms with Gasteiger partial charge in [0, 0.05) is 30.8 Å². The van der Waals surface area contributed by atoms with Crippen molar-refractivity contribution in [1.82, 2.24) is 4.98 Å². The Morgan fingerprint density at radius 3 is 2.38 bits per heavy atom. The van der Waals surface area contributed by atoms with Gasteiger partial charge in [-0.15, -0.1) is 0 Å². The van der Waals surface area contributed by atoms with Crippen LogP contribution in [0.3, 0.4) is 0 Å². The lowest BCUT2D eigenvalue weighted by molar-refractivity contribution is -0.857. The van der Waals surface area contributed by atoms with E-state index in [1.165, 1.54) is 24.4 Å². The molecule has 0 amide bonds. The number of aromatic nitrogens is 1. The summed E-state index contributed by atoms with van der Waals surface area (Å²) in [7, 11) is 3.89. The van der Waals surface area contributed by atoms with Crippen molar-refractivity contribution in [2.24, 2.45) is 10.8 Å². The van der Waals surface area contributed by atoms with Crippen LogP contribution >= 0.6 is 0 Å². The summed E-state index contributed by atoms with van der Waals surface area (Å²) in [5, 5.41) is 4.77. The van der Waals surface area contributed by atoms with E-state index in [-0.39, 0.29) is 10.4 Å². The summed E-state index contributed by atoms with van der Waals surface area (Å²) in [5.74, 6) is -0.864. The summed E-state index contributed by atoms with van der Waals surface area (Å²) in [6.07, 6.45) is 2.05. The third kappa shape index (κ3) is 2.98. The molecule has 0 bridgehead atoms. The quantitative estimate of drug-likeness (QED) is 0.693. The second-order valence-corrected chi connectivity index (χ2v) is 6.08. The number of hydrogen-bond acceptors (Lipinski definition) is 3. The largest absolute Gasteiger partial charge is 0.330 e. The van der Waals surface area contributed by atoms with E-state index in [4.69, 9.17) is 10.8 Å². The molecule has 0 fully saturated rings. The maximum absolute atomic E-state index is 13.7. The molecule has 4 nitrogen and oxygen atoms in total. The Kier molecular flexibility index (Phi) is 4.26. The van der Waals surface area contributed by atoms with Crippen LogP contribution in [-0.4, -0.2) is 35.9 Å². The van der Waals surface area contributed by atoms with Crippen molar-refractivity contribution in [3.05, 3.63) is 71.2 Å². The Bertz CT molecular complexity index is 823. The van der Waals surface area contributed by atoms with Gasteiger partial charge in [-0.05, 0) is 35.9 Å². The van der Waals surface area contributed by atoms with E-state index in [1.807, 2.05) is 14.1 Å². The van der Waals surface area contributed by atoms with Crippen molar-refractivity contribution in [2.45, 2.75) is 6.42 Å². The van der Waals surface area contributed by atoms with Crippen molar-refractivity contribution >= 4 is 11.3 Å². The van der Waals surface area contributed by atoms with Gasteiger partial charge in [-0.1, -0.05) is 5.10 Å². The normalized spacial score (nSPS) is 16.5. The maximum atomic E-state index is 13.7. The van der Waals surface area contributed by atoms with E-state index in [2.05, 4.69) is 4.98 Å². The Balaban J connectivity index is 2.21. The van der Waals surface area contributed by atoms with Crippen LogP contribution in [0.1, 0.15) is 17.5 Å². The standard InChI is InChI=1S/C18H19F2N4/c1-24(2)15(7-9-21)17(13-8-10-22-16(20)11-13)18(23-24)12-3-5-14(19)6-4-12/h3-6,8,10-11H,7,9,21H2,1-2H3/q+1. The molecule has 6 heteroatoms. The van der Waals surface area contributed by atoms with Gasteiger partial charge in [0.05, 0.1) is 19.7 Å². The number of pyridine rings is 1. The number of allylic oxidation sites excluding steroid dienone is 1. The van der Waals surface area contributed by atoms with E-state index in [0.29, 0.717) is 24.2 Å². The first-order chi connectivity index (χ1) is 11.4. The molecule has 0 aliphatic carbocycles. The average Bonchev–Trinajstić information content (AvgIpc) is 2.80. The Labute approximate surface area is 139 Å². The molecule has 2 heterocycles. The van der Waals surface area contributed by atoms with Crippen molar-refractivity contribution < 1.29 is 13.4 Å². The van der Waals surface area contributed by atoms with Gasteiger partial charge in [-0.2, -0.15) is 8.98 Å². The summed E-state index contributed by atoms with van der Waals surface area (Å²) < 4.78 is 27.2. The number of nitrogens with zero attached hydrogens (tertiary/aromatic N) is 3. The molecule has 0 atom stereocenters. The van der Waals surface area contributed by atoms with Crippen molar-refractivity contribution in [3.8, 4) is 0 Å². The van der Waals surface area contributed by atoms with Crippen LogP contribution in [0, 0.1) is 11.8 Å². The minimum atomic E-state index is -0.553. The van der Waals surface area contributed by atoms with Crippen LogP contribution in [0.5, 0.6) is 0 Å². The molecular formula is C18H19F2N4+. The summed E-state index contributed by atoms with van der Waals surface area (Å²) in [6.45, 7) is 0.459. The van der Waals surface area contributed by atoms with Crippen LogP contribution in [0.2, 0.25) is 0 Å². The zero-order valence-corrected chi connectivity index (χ0v) is 13.6. The number of nitrogens with two attached hydrogens (primary N) is 1. The van der Waals surface area contributed by atoms with E-state index < -0.39 is 5.95 Å². The van der Waals surface area contributed by atoms with Gasteiger partial charge >= 0.3 is 0 Å². The first kappa shape index (κ1) is 16.4. The SMILES string of the molecule is C[N+]1(C)N=C(c2ccc(F)cc2)C(c2ccnc(F)c2)=C1CCN. The maximum Gasteiger partial charge on any atom is 0.213 e. The molecule has 1 aliphatic heterocycles. The molecule has 24 heavy (non-hydrogen) atoms. The fourth-order valence-electron chi connectivity index (χ4n) is 2.98. The van der Waals surface area contributed by atoms with Crippen molar-refractivity contribution in [2.75, 3.05) is 20.6 Å². The van der Waals surface area contributed by atoms with Crippen molar-refractivity contribution in [3.63, 3.8) is 0 Å². The fourth-order valence-corrected chi connectivity index (χ4v) is 2.98. The van der Waals surface area contributed by atoms with E-state index in [9.17, 15) is 8.78 Å². The molecule has 2 N–H and O–H groups in total. The fraction of sp³-hybridized carbons (Fsp3) is 0.222. The molecule has 1 aromatic heterocycles. The third-order valence-electron chi connectivity index (χ3n) is 4.05. The molecule has 2 aromatic rings. The molecule has 0 unspecified atom stereocenters. The molecular weight excluding hydrogens is 310 g/mol. The monoisotopic (exact) mass is 329 g/mol. The van der Waals surface area contributed by atoms with Crippen LogP contribution in [-0.2, 0) is 0 Å². The summed E-state index contributed by atoms with van der Waals surface area (Å²) in [4.78, 5) is 3.62. The predicted molar refractivity (Wildman–Crippen MR) is 89.8 cm³/mol. The average molecular weight is 329 g/mol. The lowest BCUT2D eigenvalue weighted by Gasteiger charge is -2.21. The molecule has 1 aromatic carbocycles. The van der Waals surface area contributed by atoms with Crippen LogP contribution in [0.25, 0.3) is 5.57 Å². The topological polar surface area (TPSA) is 51.3 Å². The first-order valence-electron chi connectivity index (χ1n) is 7.68. The smallest absolute Gasteiger partial charge is 0.213 e. The van der Waals surface area contributed by atoms with Crippen LogP contribution in [0.15, 0.2) is 53.4 Å². The van der Waals surface area contributed by atoms with Crippen LogP contribution < -0.4 is 5.73 Å². The molecule has 0 saturated carbocycles. The third-order valence-corrected chi connectivity index (χ3v) is 4.05. The minimum absolute atomic E-state index is 0.281. The molecule has 1 aliphatic rings. The highest BCUT2D eigenvalue weighted by atomic mass is 19.1. The zero-order valence-electron chi connectivity index (χ0n) is 13.6. The van der Waals surface area contributed by atoms with Gasteiger partial charge < -0.3 is 5.73 Å². The van der Waals surface area contributed by atoms with Gasteiger partial charge in [-0.3, -0.25) is 0 Å². The Hall–Kier alpha value is -2.44. The highest BCUT2D eigenvalue weighted by molar-refractivity contribution is 6.32. The summed E-state index contributed by atoms with van der Waals surface area (Å²) in [6, 6.07) is 9.27. The lowest BCUT2D eigenvalue weighted by atomic mass is 9.94. The Morgan fingerprint density at radius 1 is 1.04 bits per heavy atom. The van der Waals surface area contributed by atoms with Gasteiger partial charge in [0.2, 0.25) is 5.95 Å². The highest BCUT2D eigenvalue weighted by Gasteiger charge is 2.37. The van der Waals surface area contributed by atoms with Gasteiger partial charge in [0.1, 0.15) is 17.2 Å². The zero-order chi connectivity index (χ0) is 17.3. The number of benzene rings is 1. The first-order valence-corrected chi connectivity index (χ1v) is 7.68. The predicted octanol–water partition coefficient (Wildman–Crippen LogP) is 2.91.